The van der Waals surface area contributed by atoms with E-state index in [0.29, 0.717) is 0 Å². The number of amides is 1. The van der Waals surface area contributed by atoms with Crippen LogP contribution in [0.15, 0.2) is 39.6 Å². The van der Waals surface area contributed by atoms with Gasteiger partial charge in [-0.3, -0.25) is 4.79 Å². The molecule has 0 spiro atoms. The smallest absolute Gasteiger partial charge is 0.335 e. The number of rotatable bonds is 3. The number of halogens is 2. The molecule has 0 bridgehead atoms. The average Bonchev–Trinajstić information content (AvgIpc) is 2.77. The molecule has 98 valence electrons. The van der Waals surface area contributed by atoms with Crippen LogP contribution in [0.25, 0.3) is 0 Å². The van der Waals surface area contributed by atoms with E-state index in [1.54, 1.807) is 0 Å². The zero-order valence-electron chi connectivity index (χ0n) is 9.31. The van der Waals surface area contributed by atoms with E-state index in [4.69, 9.17) is 9.52 Å². The van der Waals surface area contributed by atoms with Crippen LogP contribution in [0.4, 0.5) is 10.1 Å². The summed E-state index contributed by atoms with van der Waals surface area (Å²) < 4.78 is 18.7. The molecule has 0 saturated heterocycles. The minimum Gasteiger partial charge on any atom is -0.478 e. The monoisotopic (exact) mass is 327 g/mol. The van der Waals surface area contributed by atoms with Gasteiger partial charge in [-0.15, -0.1) is 0 Å². The molecular weight excluding hydrogens is 321 g/mol. The molecule has 1 aromatic heterocycles. The SMILES string of the molecule is O=C(O)c1ccc(NC(=O)c2ccoc2Br)c(F)c1. The van der Waals surface area contributed by atoms with Crippen molar-refractivity contribution < 1.29 is 23.5 Å². The van der Waals surface area contributed by atoms with Crippen LogP contribution in [0.1, 0.15) is 20.7 Å². The van der Waals surface area contributed by atoms with E-state index in [1.165, 1.54) is 24.5 Å². The van der Waals surface area contributed by atoms with Crippen LogP contribution in [-0.4, -0.2) is 17.0 Å². The second-order valence-corrected chi connectivity index (χ2v) is 4.28. The zero-order chi connectivity index (χ0) is 14.0. The number of nitrogens with one attached hydrogen (secondary N) is 1. The highest BCUT2D eigenvalue weighted by atomic mass is 79.9. The summed E-state index contributed by atoms with van der Waals surface area (Å²) in [6.45, 7) is 0. The molecule has 5 nitrogen and oxygen atoms in total. The van der Waals surface area contributed by atoms with Crippen molar-refractivity contribution in [3.05, 3.63) is 52.1 Å². The standard InChI is InChI=1S/C12H7BrFNO4/c13-10-7(3-4-19-10)11(16)15-9-2-1-6(12(17)18)5-8(9)14/h1-5H,(H,15,16)(H,17,18). The third-order valence-corrected chi connectivity index (χ3v) is 2.94. The number of hydrogen-bond acceptors (Lipinski definition) is 3. The lowest BCUT2D eigenvalue weighted by Crippen LogP contribution is -2.13. The number of carboxylic acids is 1. The molecule has 1 amide bonds. The maximum atomic E-state index is 13.6. The Bertz CT molecular complexity index is 653. The molecule has 0 saturated carbocycles. The quantitative estimate of drug-likeness (QED) is 0.907. The van der Waals surface area contributed by atoms with E-state index >= 15 is 0 Å². The summed E-state index contributed by atoms with van der Waals surface area (Å²) >= 11 is 3.03. The van der Waals surface area contributed by atoms with Gasteiger partial charge in [0.25, 0.3) is 5.91 Å². The van der Waals surface area contributed by atoms with Crippen LogP contribution >= 0.6 is 15.9 Å². The van der Waals surface area contributed by atoms with Crippen LogP contribution in [0.3, 0.4) is 0 Å². The van der Waals surface area contributed by atoms with Crippen molar-refractivity contribution in [2.45, 2.75) is 0 Å². The van der Waals surface area contributed by atoms with E-state index in [-0.39, 0.29) is 21.5 Å². The van der Waals surface area contributed by atoms with Gasteiger partial charge in [0.2, 0.25) is 0 Å². The van der Waals surface area contributed by atoms with Crippen molar-refractivity contribution in [1.29, 1.82) is 0 Å². The average molecular weight is 328 g/mol. The van der Waals surface area contributed by atoms with Crippen LogP contribution in [-0.2, 0) is 0 Å². The molecule has 0 aliphatic carbocycles. The summed E-state index contributed by atoms with van der Waals surface area (Å²) in [6, 6.07) is 4.64. The maximum absolute atomic E-state index is 13.6. The lowest BCUT2D eigenvalue weighted by atomic mass is 10.2. The fourth-order valence-corrected chi connectivity index (χ4v) is 1.82. The lowest BCUT2D eigenvalue weighted by molar-refractivity contribution is 0.0696. The van der Waals surface area contributed by atoms with Gasteiger partial charge in [-0.05, 0) is 40.2 Å². The van der Waals surface area contributed by atoms with Gasteiger partial charge in [0.1, 0.15) is 5.82 Å². The molecule has 0 unspecified atom stereocenters. The summed E-state index contributed by atoms with van der Waals surface area (Å²) in [5.74, 6) is -2.63. The van der Waals surface area contributed by atoms with E-state index in [1.807, 2.05) is 0 Å². The Morgan fingerprint density at radius 3 is 2.58 bits per heavy atom. The van der Waals surface area contributed by atoms with Gasteiger partial charge in [0.05, 0.1) is 23.1 Å². The first kappa shape index (κ1) is 13.3. The Kier molecular flexibility index (Phi) is 3.66. The Morgan fingerprint density at radius 1 is 1.32 bits per heavy atom. The Labute approximate surface area is 115 Å². The molecule has 0 aliphatic rings. The first-order valence-electron chi connectivity index (χ1n) is 5.06. The van der Waals surface area contributed by atoms with Gasteiger partial charge < -0.3 is 14.8 Å². The lowest BCUT2D eigenvalue weighted by Gasteiger charge is -2.06. The first-order chi connectivity index (χ1) is 8.99. The summed E-state index contributed by atoms with van der Waals surface area (Å²) in [5.41, 5.74) is -0.0928. The third-order valence-electron chi connectivity index (χ3n) is 2.33. The van der Waals surface area contributed by atoms with Crippen molar-refractivity contribution in [2.24, 2.45) is 0 Å². The van der Waals surface area contributed by atoms with Crippen molar-refractivity contribution >= 4 is 33.5 Å². The van der Waals surface area contributed by atoms with Gasteiger partial charge in [0.15, 0.2) is 4.67 Å². The van der Waals surface area contributed by atoms with Crippen molar-refractivity contribution in [3.63, 3.8) is 0 Å². The van der Waals surface area contributed by atoms with Crippen LogP contribution < -0.4 is 5.32 Å². The van der Waals surface area contributed by atoms with Gasteiger partial charge >= 0.3 is 5.97 Å². The molecule has 7 heteroatoms. The van der Waals surface area contributed by atoms with Crippen LogP contribution in [0.2, 0.25) is 0 Å². The summed E-state index contributed by atoms with van der Waals surface area (Å²) in [5, 5.41) is 11.0. The summed E-state index contributed by atoms with van der Waals surface area (Å²) in [6.07, 6.45) is 1.31. The van der Waals surface area contributed by atoms with E-state index < -0.39 is 17.7 Å². The predicted octanol–water partition coefficient (Wildman–Crippen LogP) is 3.13. The number of carboxylic acid groups (broad SMARTS) is 1. The highest BCUT2D eigenvalue weighted by molar-refractivity contribution is 9.10. The molecule has 2 aromatic rings. The van der Waals surface area contributed by atoms with Gasteiger partial charge in [0, 0.05) is 0 Å². The molecule has 0 radical (unpaired) electrons. The van der Waals surface area contributed by atoms with E-state index in [2.05, 4.69) is 21.2 Å². The van der Waals surface area contributed by atoms with E-state index in [9.17, 15) is 14.0 Å². The Hall–Kier alpha value is -2.15. The van der Waals surface area contributed by atoms with Crippen LogP contribution in [0, 0.1) is 5.82 Å². The molecule has 0 fully saturated rings. The van der Waals surface area contributed by atoms with Gasteiger partial charge in [-0.2, -0.15) is 0 Å². The molecule has 1 heterocycles. The zero-order valence-corrected chi connectivity index (χ0v) is 10.9. The largest absolute Gasteiger partial charge is 0.478 e. The van der Waals surface area contributed by atoms with Crippen molar-refractivity contribution in [1.82, 2.24) is 0 Å². The van der Waals surface area contributed by atoms with Gasteiger partial charge in [-0.25, -0.2) is 9.18 Å². The topological polar surface area (TPSA) is 79.5 Å². The molecule has 2 N–H and O–H groups in total. The van der Waals surface area contributed by atoms with Crippen molar-refractivity contribution in [2.75, 3.05) is 5.32 Å². The third kappa shape index (κ3) is 2.82. The maximum Gasteiger partial charge on any atom is 0.335 e. The fourth-order valence-electron chi connectivity index (χ4n) is 1.39. The predicted molar refractivity (Wildman–Crippen MR) is 67.7 cm³/mol. The summed E-state index contributed by atoms with van der Waals surface area (Å²) in [4.78, 5) is 22.4. The Balaban J connectivity index is 2.23. The highest BCUT2D eigenvalue weighted by Crippen LogP contribution is 2.21. The molecule has 0 aliphatic heterocycles. The van der Waals surface area contributed by atoms with Crippen molar-refractivity contribution in [3.8, 4) is 0 Å². The number of carbonyl (C=O) groups excluding carboxylic acids is 1. The second kappa shape index (κ2) is 5.23. The number of aromatic carboxylic acids is 1. The second-order valence-electron chi connectivity index (χ2n) is 3.56. The number of anilines is 1. The molecule has 2 rings (SSSR count). The molecular formula is C12H7BrFNO4. The Morgan fingerprint density at radius 2 is 2.05 bits per heavy atom. The minimum absolute atomic E-state index is 0.108. The number of hydrogen-bond donors (Lipinski definition) is 2. The summed E-state index contributed by atoms with van der Waals surface area (Å²) in [7, 11) is 0. The first-order valence-corrected chi connectivity index (χ1v) is 5.85. The molecule has 19 heavy (non-hydrogen) atoms. The van der Waals surface area contributed by atoms with Gasteiger partial charge in [-0.1, -0.05) is 0 Å². The minimum atomic E-state index is -1.24. The van der Waals surface area contributed by atoms with Crippen LogP contribution in [0.5, 0.6) is 0 Å². The molecule has 1 aromatic carbocycles. The fraction of sp³-hybridized carbons (Fsp3) is 0. The molecule has 0 atom stereocenters. The number of benzene rings is 1. The number of carbonyl (C=O) groups is 2. The normalized spacial score (nSPS) is 10.2. The number of furan rings is 1. The highest BCUT2D eigenvalue weighted by Gasteiger charge is 2.15. The van der Waals surface area contributed by atoms with E-state index in [0.717, 1.165) is 6.07 Å².